The van der Waals surface area contributed by atoms with Gasteiger partial charge in [-0.05, 0) is 44.9 Å². The van der Waals surface area contributed by atoms with Gasteiger partial charge in [-0.1, -0.05) is 160 Å². The molecule has 5 heteroatoms. The molecule has 0 aliphatic rings. The maximum Gasteiger partial charge on any atom is 0.305 e. The number of carbonyl (C=O) groups excluding carboxylic acids is 2. The second kappa shape index (κ2) is 35.9. The molecule has 0 radical (unpaired) electrons. The molecular weight excluding hydrogens is 548 g/mol. The van der Waals surface area contributed by atoms with Crippen LogP contribution in [0.4, 0.5) is 0 Å². The summed E-state index contributed by atoms with van der Waals surface area (Å²) in [6.45, 7) is 4.27. The van der Waals surface area contributed by atoms with Gasteiger partial charge in [0.25, 0.3) is 0 Å². The number of allylic oxidation sites excluding steroid dienone is 4. The molecule has 0 aromatic heterocycles. The van der Waals surface area contributed by atoms with E-state index in [1.165, 1.54) is 116 Å². The average molecular weight is 621 g/mol. The molecule has 0 saturated carbocycles. The molecule has 0 aromatic rings. The van der Waals surface area contributed by atoms with Gasteiger partial charge in [0.2, 0.25) is 0 Å². The van der Waals surface area contributed by atoms with E-state index >= 15 is 0 Å². The number of aliphatic hydroxyl groups is 1. The number of esters is 2. The third-order valence-electron chi connectivity index (χ3n) is 8.19. The number of rotatable bonds is 34. The monoisotopic (exact) mass is 621 g/mol. The quantitative estimate of drug-likeness (QED) is 0.0440. The summed E-state index contributed by atoms with van der Waals surface area (Å²) in [4.78, 5) is 23.9. The predicted molar refractivity (Wildman–Crippen MR) is 187 cm³/mol. The third-order valence-corrected chi connectivity index (χ3v) is 8.19. The van der Waals surface area contributed by atoms with Crippen molar-refractivity contribution in [3.63, 3.8) is 0 Å². The Labute approximate surface area is 273 Å². The van der Waals surface area contributed by atoms with Crippen molar-refractivity contribution in [1.82, 2.24) is 0 Å². The van der Waals surface area contributed by atoms with E-state index in [1.807, 2.05) is 0 Å². The molecular formula is C39H72O5. The van der Waals surface area contributed by atoms with Crippen LogP contribution in [0.2, 0.25) is 0 Å². The normalized spacial score (nSPS) is 12.3. The van der Waals surface area contributed by atoms with Crippen LogP contribution in [0.5, 0.6) is 0 Å². The Morgan fingerprint density at radius 3 is 1.20 bits per heavy atom. The lowest BCUT2D eigenvalue weighted by atomic mass is 10.0. The van der Waals surface area contributed by atoms with Gasteiger partial charge in [0, 0.05) is 12.8 Å². The molecule has 0 heterocycles. The van der Waals surface area contributed by atoms with Gasteiger partial charge in [-0.15, -0.1) is 0 Å². The van der Waals surface area contributed by atoms with Gasteiger partial charge in [0.1, 0.15) is 19.3 Å². The Balaban J connectivity index is 3.44. The van der Waals surface area contributed by atoms with E-state index in [0.717, 1.165) is 51.4 Å². The van der Waals surface area contributed by atoms with Gasteiger partial charge in [-0.2, -0.15) is 0 Å². The van der Waals surface area contributed by atoms with Crippen molar-refractivity contribution in [3.05, 3.63) is 24.3 Å². The van der Waals surface area contributed by atoms with E-state index in [-0.39, 0.29) is 25.2 Å². The third kappa shape index (κ3) is 34.9. The first-order valence-electron chi connectivity index (χ1n) is 18.9. The molecule has 0 amide bonds. The lowest BCUT2D eigenvalue weighted by Gasteiger charge is -2.12. The molecule has 0 aliphatic carbocycles. The fourth-order valence-electron chi connectivity index (χ4n) is 5.29. The SMILES string of the molecule is CCCCC/C=C\C/C=C\CCCCCCCC(=O)OCC(O)COC(=O)CCCCCCCCCCCCCCCCC. The van der Waals surface area contributed by atoms with Gasteiger partial charge < -0.3 is 14.6 Å². The van der Waals surface area contributed by atoms with Crippen LogP contribution in [-0.4, -0.2) is 36.4 Å². The highest BCUT2D eigenvalue weighted by atomic mass is 16.6. The second-order valence-electron chi connectivity index (χ2n) is 12.7. The Hall–Kier alpha value is -1.62. The minimum Gasteiger partial charge on any atom is -0.463 e. The number of hydrogen-bond donors (Lipinski definition) is 1. The topological polar surface area (TPSA) is 72.8 Å². The highest BCUT2D eigenvalue weighted by Gasteiger charge is 2.12. The summed E-state index contributed by atoms with van der Waals surface area (Å²) in [6.07, 6.45) is 40.8. The molecule has 0 aromatic carbocycles. The summed E-state index contributed by atoms with van der Waals surface area (Å²) in [5.74, 6) is -0.575. The maximum absolute atomic E-state index is 11.9. The standard InChI is InChI=1S/C39H72O5/c1-3-5-7-9-11-13-15-17-19-21-23-25-27-29-31-33-38(41)43-35-37(40)36-44-39(42)34-32-30-28-26-24-22-20-18-16-14-12-10-8-6-4-2/h11,13,17,19,37,40H,3-10,12,14-16,18,20-36H2,1-2H3/b13-11-,19-17-. The van der Waals surface area contributed by atoms with Crippen LogP contribution < -0.4 is 0 Å². The van der Waals surface area contributed by atoms with E-state index in [4.69, 9.17) is 9.47 Å². The highest BCUT2D eigenvalue weighted by molar-refractivity contribution is 5.69. The summed E-state index contributed by atoms with van der Waals surface area (Å²) in [5, 5.41) is 9.99. The van der Waals surface area contributed by atoms with Crippen LogP contribution in [0.3, 0.4) is 0 Å². The van der Waals surface area contributed by atoms with Crippen LogP contribution >= 0.6 is 0 Å². The number of ether oxygens (including phenoxy) is 2. The molecule has 44 heavy (non-hydrogen) atoms. The molecule has 1 atom stereocenters. The van der Waals surface area contributed by atoms with Crippen molar-refractivity contribution < 1.29 is 24.2 Å². The Morgan fingerprint density at radius 1 is 0.477 bits per heavy atom. The zero-order chi connectivity index (χ0) is 32.2. The zero-order valence-electron chi connectivity index (χ0n) is 29.2. The number of carbonyl (C=O) groups is 2. The van der Waals surface area contributed by atoms with Crippen LogP contribution in [-0.2, 0) is 19.1 Å². The van der Waals surface area contributed by atoms with E-state index in [0.29, 0.717) is 12.8 Å². The number of unbranched alkanes of at least 4 members (excludes halogenated alkanes) is 22. The van der Waals surface area contributed by atoms with Crippen molar-refractivity contribution in [2.24, 2.45) is 0 Å². The van der Waals surface area contributed by atoms with Gasteiger partial charge in [0.05, 0.1) is 0 Å². The van der Waals surface area contributed by atoms with E-state index in [9.17, 15) is 14.7 Å². The minimum absolute atomic E-state index is 0.117. The van der Waals surface area contributed by atoms with Gasteiger partial charge in [0.15, 0.2) is 0 Å². The van der Waals surface area contributed by atoms with E-state index < -0.39 is 6.10 Å². The van der Waals surface area contributed by atoms with Crippen molar-refractivity contribution in [2.75, 3.05) is 13.2 Å². The van der Waals surface area contributed by atoms with Gasteiger partial charge >= 0.3 is 11.9 Å². The molecule has 1 N–H and O–H groups in total. The fourth-order valence-corrected chi connectivity index (χ4v) is 5.29. The molecule has 0 aliphatic heterocycles. The molecule has 0 saturated heterocycles. The lowest BCUT2D eigenvalue weighted by molar-refractivity contribution is -0.152. The predicted octanol–water partition coefficient (Wildman–Crippen LogP) is 11.5. The maximum atomic E-state index is 11.9. The minimum atomic E-state index is -0.964. The second-order valence-corrected chi connectivity index (χ2v) is 12.7. The Bertz CT molecular complexity index is 671. The first-order chi connectivity index (χ1) is 21.6. The highest BCUT2D eigenvalue weighted by Crippen LogP contribution is 2.14. The van der Waals surface area contributed by atoms with Crippen molar-refractivity contribution in [3.8, 4) is 0 Å². The average Bonchev–Trinajstić information content (AvgIpc) is 3.02. The summed E-state index contributed by atoms with van der Waals surface area (Å²) >= 11 is 0. The summed E-state index contributed by atoms with van der Waals surface area (Å²) < 4.78 is 10.3. The molecule has 5 nitrogen and oxygen atoms in total. The first kappa shape index (κ1) is 42.4. The number of aliphatic hydroxyl groups excluding tert-OH is 1. The fraction of sp³-hybridized carbons (Fsp3) is 0.846. The number of hydrogen-bond acceptors (Lipinski definition) is 5. The summed E-state index contributed by atoms with van der Waals surface area (Å²) in [6, 6.07) is 0. The van der Waals surface area contributed by atoms with Gasteiger partial charge in [-0.25, -0.2) is 0 Å². The zero-order valence-corrected chi connectivity index (χ0v) is 29.2. The van der Waals surface area contributed by atoms with Crippen LogP contribution in [0.25, 0.3) is 0 Å². The van der Waals surface area contributed by atoms with Crippen molar-refractivity contribution in [1.29, 1.82) is 0 Å². The van der Waals surface area contributed by atoms with E-state index in [2.05, 4.69) is 38.2 Å². The Morgan fingerprint density at radius 2 is 0.795 bits per heavy atom. The van der Waals surface area contributed by atoms with Crippen molar-refractivity contribution >= 4 is 11.9 Å². The van der Waals surface area contributed by atoms with Crippen molar-refractivity contribution in [2.45, 2.75) is 200 Å². The van der Waals surface area contributed by atoms with Crippen LogP contribution in [0, 0.1) is 0 Å². The van der Waals surface area contributed by atoms with Crippen LogP contribution in [0.15, 0.2) is 24.3 Å². The molecule has 258 valence electrons. The van der Waals surface area contributed by atoms with Gasteiger partial charge in [-0.3, -0.25) is 9.59 Å². The van der Waals surface area contributed by atoms with Crippen LogP contribution in [0.1, 0.15) is 194 Å². The first-order valence-corrected chi connectivity index (χ1v) is 18.9. The molecule has 0 fully saturated rings. The van der Waals surface area contributed by atoms with E-state index in [1.54, 1.807) is 0 Å². The molecule has 0 spiro atoms. The molecule has 0 bridgehead atoms. The lowest BCUT2D eigenvalue weighted by Crippen LogP contribution is -2.25. The Kier molecular flexibility index (Phi) is 34.5. The molecule has 0 rings (SSSR count). The smallest absolute Gasteiger partial charge is 0.305 e. The summed E-state index contributed by atoms with van der Waals surface area (Å²) in [7, 11) is 0. The summed E-state index contributed by atoms with van der Waals surface area (Å²) in [5.41, 5.74) is 0. The largest absolute Gasteiger partial charge is 0.463 e. The molecule has 1 unspecified atom stereocenters.